The van der Waals surface area contributed by atoms with Crippen molar-refractivity contribution in [2.75, 3.05) is 26.4 Å². The monoisotopic (exact) mass is 546 g/mol. The van der Waals surface area contributed by atoms with Crippen molar-refractivity contribution in [3.8, 4) is 0 Å². The molecule has 0 bridgehead atoms. The van der Waals surface area contributed by atoms with Gasteiger partial charge in [0, 0.05) is 6.61 Å². The largest absolute Gasteiger partial charge is 0.508 e. The van der Waals surface area contributed by atoms with E-state index in [9.17, 15) is 14.7 Å². The van der Waals surface area contributed by atoms with E-state index in [1.165, 1.54) is 0 Å². The first kappa shape index (κ1) is 36.5. The first-order valence-electron chi connectivity index (χ1n) is 14.8. The Kier molecular flexibility index (Phi) is 19.5. The molecule has 0 aliphatic carbocycles. The highest BCUT2D eigenvalue weighted by molar-refractivity contribution is 5.60. The lowest BCUT2D eigenvalue weighted by Gasteiger charge is -2.25. The van der Waals surface area contributed by atoms with Gasteiger partial charge in [0.05, 0.1) is 31.0 Å². The van der Waals surface area contributed by atoms with Gasteiger partial charge >= 0.3 is 12.3 Å². The van der Waals surface area contributed by atoms with Crippen molar-refractivity contribution in [1.29, 1.82) is 0 Å². The van der Waals surface area contributed by atoms with Crippen molar-refractivity contribution in [3.63, 3.8) is 0 Å². The molecular weight excluding hydrogens is 488 g/mol. The van der Waals surface area contributed by atoms with E-state index in [2.05, 4.69) is 20.8 Å². The molecule has 0 amide bonds. The van der Waals surface area contributed by atoms with Crippen LogP contribution in [0.4, 0.5) is 9.59 Å². The van der Waals surface area contributed by atoms with Crippen molar-refractivity contribution in [1.82, 2.24) is 0 Å². The van der Waals surface area contributed by atoms with Gasteiger partial charge in [0.25, 0.3) is 0 Å². The lowest BCUT2D eigenvalue weighted by Crippen LogP contribution is -2.28. The molecule has 0 saturated carbocycles. The Morgan fingerprint density at radius 1 is 0.553 bits per heavy atom. The summed E-state index contributed by atoms with van der Waals surface area (Å²) in [5, 5.41) is 9.66. The third-order valence-electron chi connectivity index (χ3n) is 6.51. The van der Waals surface area contributed by atoms with E-state index >= 15 is 0 Å². The smallest absolute Gasteiger partial charge is 0.434 e. The number of rotatable bonds is 23. The van der Waals surface area contributed by atoms with Crippen molar-refractivity contribution in [3.05, 3.63) is 0 Å². The Bertz CT molecular complexity index is 610. The first-order valence-corrected chi connectivity index (χ1v) is 14.8. The fourth-order valence-electron chi connectivity index (χ4n) is 3.67. The van der Waals surface area contributed by atoms with Crippen molar-refractivity contribution in [2.45, 2.75) is 155 Å². The molecule has 8 nitrogen and oxygen atoms in total. The van der Waals surface area contributed by atoms with Crippen LogP contribution in [-0.2, 0) is 23.7 Å². The summed E-state index contributed by atoms with van der Waals surface area (Å²) in [4.78, 5) is 23.6. The summed E-state index contributed by atoms with van der Waals surface area (Å²) in [6.07, 6.45) is 11.3. The zero-order valence-corrected chi connectivity index (χ0v) is 25.5. The van der Waals surface area contributed by atoms with Gasteiger partial charge in [-0.3, -0.25) is 0 Å². The average molecular weight is 547 g/mol. The number of ether oxygens (including phenoxy) is 5. The molecule has 38 heavy (non-hydrogen) atoms. The van der Waals surface area contributed by atoms with E-state index in [0.717, 1.165) is 83.7 Å². The van der Waals surface area contributed by atoms with E-state index < -0.39 is 23.5 Å². The second-order valence-corrected chi connectivity index (χ2v) is 12.1. The van der Waals surface area contributed by atoms with Crippen molar-refractivity contribution >= 4 is 12.3 Å². The second-order valence-electron chi connectivity index (χ2n) is 12.1. The minimum atomic E-state index is -0.641. The van der Waals surface area contributed by atoms with E-state index in [4.69, 9.17) is 23.7 Å². The van der Waals surface area contributed by atoms with Gasteiger partial charge in [-0.25, -0.2) is 9.59 Å². The molecule has 0 heterocycles. The second kappa shape index (κ2) is 20.4. The molecule has 0 rings (SSSR count). The molecule has 1 N–H and O–H groups in total. The first-order chi connectivity index (χ1) is 17.8. The molecule has 0 aliphatic rings. The topological polar surface area (TPSA) is 101 Å². The fourth-order valence-corrected chi connectivity index (χ4v) is 3.67. The Morgan fingerprint density at radius 3 is 1.47 bits per heavy atom. The van der Waals surface area contributed by atoms with Gasteiger partial charge in [0.1, 0.15) is 5.60 Å². The third-order valence-corrected chi connectivity index (χ3v) is 6.51. The van der Waals surface area contributed by atoms with E-state index in [1.807, 2.05) is 27.7 Å². The Labute approximate surface area is 232 Å². The predicted molar refractivity (Wildman–Crippen MR) is 150 cm³/mol. The molecule has 0 aliphatic heterocycles. The molecule has 0 radical (unpaired) electrons. The van der Waals surface area contributed by atoms with Crippen LogP contribution < -0.4 is 0 Å². The van der Waals surface area contributed by atoms with Crippen LogP contribution in [0, 0.1) is 0 Å². The highest BCUT2D eigenvalue weighted by Crippen LogP contribution is 2.21. The molecule has 226 valence electrons. The van der Waals surface area contributed by atoms with Crippen LogP contribution in [0.1, 0.15) is 138 Å². The Morgan fingerprint density at radius 2 is 0.974 bits per heavy atom. The van der Waals surface area contributed by atoms with Gasteiger partial charge in [0.15, 0.2) is 0 Å². The van der Waals surface area contributed by atoms with Crippen LogP contribution in [0.5, 0.6) is 0 Å². The molecular formula is C30H58O8. The van der Waals surface area contributed by atoms with Gasteiger partial charge in [-0.05, 0) is 99.3 Å². The average Bonchev–Trinajstić information content (AvgIpc) is 2.81. The van der Waals surface area contributed by atoms with Crippen molar-refractivity contribution < 1.29 is 38.4 Å². The normalized spacial score (nSPS) is 12.3. The molecule has 0 saturated heterocycles. The molecule has 0 unspecified atom stereocenters. The SMILES string of the molecule is CCC(C)(C)OCCCCCCC(C)(C)OC(=O)OCCCCCOC(=O)OCCCCCCC(C)(C)O. The molecule has 0 aromatic heterocycles. The maximum Gasteiger partial charge on any atom is 0.508 e. The Hall–Kier alpha value is -1.54. The summed E-state index contributed by atoms with van der Waals surface area (Å²) in [7, 11) is 0. The highest BCUT2D eigenvalue weighted by atomic mass is 16.7. The van der Waals surface area contributed by atoms with Crippen LogP contribution >= 0.6 is 0 Å². The minimum absolute atomic E-state index is 0.0437. The number of hydrogen-bond donors (Lipinski definition) is 1. The summed E-state index contributed by atoms with van der Waals surface area (Å²) in [5.74, 6) is 0. The van der Waals surface area contributed by atoms with Gasteiger partial charge in [-0.15, -0.1) is 0 Å². The lowest BCUT2D eigenvalue weighted by atomic mass is 10.00. The van der Waals surface area contributed by atoms with E-state index in [-0.39, 0.29) is 18.8 Å². The molecule has 0 spiro atoms. The van der Waals surface area contributed by atoms with E-state index in [1.54, 1.807) is 0 Å². The Balaban J connectivity index is 3.61. The van der Waals surface area contributed by atoms with E-state index in [0.29, 0.717) is 19.4 Å². The molecule has 0 fully saturated rings. The number of carbonyl (C=O) groups is 2. The van der Waals surface area contributed by atoms with Gasteiger partial charge in [0.2, 0.25) is 0 Å². The lowest BCUT2D eigenvalue weighted by molar-refractivity contribution is -0.0239. The summed E-state index contributed by atoms with van der Waals surface area (Å²) in [6.45, 7) is 15.5. The maximum atomic E-state index is 12.0. The van der Waals surface area contributed by atoms with Gasteiger partial charge in [-0.2, -0.15) is 0 Å². The predicted octanol–water partition coefficient (Wildman–Crippen LogP) is 8.12. The minimum Gasteiger partial charge on any atom is -0.434 e. The summed E-state index contributed by atoms with van der Waals surface area (Å²) >= 11 is 0. The summed E-state index contributed by atoms with van der Waals surface area (Å²) < 4.78 is 26.7. The number of unbranched alkanes of at least 4 members (excludes halogenated alkanes) is 8. The van der Waals surface area contributed by atoms with Crippen LogP contribution in [0.3, 0.4) is 0 Å². The van der Waals surface area contributed by atoms with Crippen LogP contribution in [0.15, 0.2) is 0 Å². The van der Waals surface area contributed by atoms with Gasteiger partial charge in [-0.1, -0.05) is 39.0 Å². The van der Waals surface area contributed by atoms with Crippen LogP contribution in [0.25, 0.3) is 0 Å². The fraction of sp³-hybridized carbons (Fsp3) is 0.933. The van der Waals surface area contributed by atoms with Crippen LogP contribution in [0.2, 0.25) is 0 Å². The zero-order valence-electron chi connectivity index (χ0n) is 25.5. The van der Waals surface area contributed by atoms with Crippen LogP contribution in [-0.4, -0.2) is 60.6 Å². The number of aliphatic hydroxyl groups is 1. The van der Waals surface area contributed by atoms with Gasteiger partial charge < -0.3 is 28.8 Å². The van der Waals surface area contributed by atoms with Crippen molar-refractivity contribution in [2.24, 2.45) is 0 Å². The third kappa shape index (κ3) is 24.8. The number of carbonyl (C=O) groups excluding carboxylic acids is 2. The highest BCUT2D eigenvalue weighted by Gasteiger charge is 2.23. The summed E-state index contributed by atoms with van der Waals surface area (Å²) in [5.41, 5.74) is -1.21. The zero-order chi connectivity index (χ0) is 28.9. The maximum absolute atomic E-state index is 12.0. The molecule has 0 aromatic carbocycles. The molecule has 0 atom stereocenters. The summed E-state index contributed by atoms with van der Waals surface area (Å²) in [6, 6.07) is 0. The standard InChI is InChI=1S/C30H58O8/c1-8-29(4,5)37-25-19-12-10-15-21-30(6,7)38-27(32)36-24-18-13-17-23-35-26(31)34-22-16-11-9-14-20-28(2,3)33/h33H,8-25H2,1-7H3. The molecule has 0 aromatic rings. The molecule has 8 heteroatoms. The quantitative estimate of drug-likeness (QED) is 0.101. The number of hydrogen-bond acceptors (Lipinski definition) is 8.